The summed E-state index contributed by atoms with van der Waals surface area (Å²) in [5.41, 5.74) is 0.259. The van der Waals surface area contributed by atoms with Gasteiger partial charge in [-0.15, -0.1) is 0 Å². The molecule has 0 aliphatic heterocycles. The number of aliphatic hydroxyl groups excluding tert-OH is 1. The molecular weight excluding hydrogens is 473 g/mol. The lowest BCUT2D eigenvalue weighted by Crippen LogP contribution is -2.57. The van der Waals surface area contributed by atoms with Crippen LogP contribution in [0.4, 0.5) is 0 Å². The van der Waals surface area contributed by atoms with Crippen LogP contribution in [0.15, 0.2) is 12.2 Å². The molecule has 1 aliphatic carbocycles. The Hall–Kier alpha value is 0.231. The summed E-state index contributed by atoms with van der Waals surface area (Å²) < 4.78 is 20.8. The first-order valence-corrected chi connectivity index (χ1v) is 22.0. The average molecular weight is 531 g/mol. The SMILES string of the molecule is C=C1[C@@H](O)C[C@@H](O[Si](C)(C)C(C)(C)C)C[C@@]1(CCO[Si](C)(C)C(C)(C)C)O[Si](CC)(CC)CC. The minimum Gasteiger partial charge on any atom is -0.417 e. The fourth-order valence-corrected chi connectivity index (χ4v) is 9.94. The molecule has 0 aromatic rings. The third-order valence-electron chi connectivity index (χ3n) is 9.42. The Kier molecular flexibility index (Phi) is 10.7. The van der Waals surface area contributed by atoms with Gasteiger partial charge in [0.05, 0.1) is 17.8 Å². The summed E-state index contributed by atoms with van der Waals surface area (Å²) in [6.45, 7) is 34.7. The van der Waals surface area contributed by atoms with Crippen LogP contribution in [0.25, 0.3) is 0 Å². The van der Waals surface area contributed by atoms with Crippen molar-refractivity contribution in [3.63, 3.8) is 0 Å². The molecule has 3 atom stereocenters. The third-order valence-corrected chi connectivity index (χ3v) is 23.2. The van der Waals surface area contributed by atoms with Crippen molar-refractivity contribution < 1.29 is 18.4 Å². The standard InChI is InChI=1S/C27H58O4Si3/c1-15-34(16-2,17-3)31-27(18-19-29-32(11,12)25(5,6)7)21-23(20-24(28)22(27)4)30-33(13,14)26(8,9)10/h23-24,28H,4,15-21H2,1-3,5-14H3/t23-,24+,27-/m1/s1. The van der Waals surface area contributed by atoms with Gasteiger partial charge in [0, 0.05) is 25.9 Å². The second kappa shape index (κ2) is 11.3. The molecule has 1 N–H and O–H groups in total. The maximum absolute atomic E-state index is 11.2. The molecule has 0 unspecified atom stereocenters. The first-order valence-electron chi connectivity index (χ1n) is 13.6. The highest BCUT2D eigenvalue weighted by Crippen LogP contribution is 2.47. The van der Waals surface area contributed by atoms with E-state index in [1.165, 1.54) is 0 Å². The van der Waals surface area contributed by atoms with Crippen molar-refractivity contribution in [3.8, 4) is 0 Å². The molecule has 1 aliphatic rings. The largest absolute Gasteiger partial charge is 0.417 e. The van der Waals surface area contributed by atoms with E-state index in [0.717, 1.165) is 36.5 Å². The summed E-state index contributed by atoms with van der Waals surface area (Å²) in [6, 6.07) is 3.21. The maximum Gasteiger partial charge on any atom is 0.193 e. The van der Waals surface area contributed by atoms with Crippen LogP contribution in [0.1, 0.15) is 81.6 Å². The van der Waals surface area contributed by atoms with Gasteiger partial charge in [-0.1, -0.05) is 68.9 Å². The molecule has 1 rings (SSSR count). The van der Waals surface area contributed by atoms with E-state index < -0.39 is 36.7 Å². The van der Waals surface area contributed by atoms with Crippen LogP contribution in [0.5, 0.6) is 0 Å². The molecule has 7 heteroatoms. The minimum atomic E-state index is -1.99. The summed E-state index contributed by atoms with van der Waals surface area (Å²) in [7, 11) is -5.84. The van der Waals surface area contributed by atoms with E-state index in [9.17, 15) is 5.11 Å². The van der Waals surface area contributed by atoms with Gasteiger partial charge in [-0.05, 0) is 60.0 Å². The number of hydrogen-bond donors (Lipinski definition) is 1. The van der Waals surface area contributed by atoms with Gasteiger partial charge in [-0.2, -0.15) is 0 Å². The van der Waals surface area contributed by atoms with Crippen LogP contribution in [0, 0.1) is 0 Å². The molecule has 0 aromatic carbocycles. The number of hydrogen-bond acceptors (Lipinski definition) is 4. The van der Waals surface area contributed by atoms with Crippen LogP contribution in [0.2, 0.25) is 54.4 Å². The lowest BCUT2D eigenvalue weighted by Gasteiger charge is -2.51. The molecule has 1 fully saturated rings. The van der Waals surface area contributed by atoms with Gasteiger partial charge in [0.1, 0.15) is 0 Å². The van der Waals surface area contributed by atoms with Gasteiger partial charge < -0.3 is 18.4 Å². The van der Waals surface area contributed by atoms with E-state index in [1.54, 1.807) is 0 Å². The fourth-order valence-electron chi connectivity index (χ4n) is 4.45. The van der Waals surface area contributed by atoms with Crippen molar-refractivity contribution in [2.75, 3.05) is 6.61 Å². The van der Waals surface area contributed by atoms with Gasteiger partial charge >= 0.3 is 0 Å². The Labute approximate surface area is 215 Å². The zero-order valence-corrected chi connectivity index (χ0v) is 28.0. The Morgan fingerprint density at radius 1 is 0.912 bits per heavy atom. The molecule has 0 aromatic heterocycles. The summed E-state index contributed by atoms with van der Waals surface area (Å²) in [5.74, 6) is 0. The van der Waals surface area contributed by atoms with E-state index in [-0.39, 0.29) is 16.2 Å². The predicted octanol–water partition coefficient (Wildman–Crippen LogP) is 8.26. The van der Waals surface area contributed by atoms with E-state index in [2.05, 4.69) is 95.1 Å². The lowest BCUT2D eigenvalue weighted by atomic mass is 9.76. The number of aliphatic hydroxyl groups is 1. The fraction of sp³-hybridized carbons (Fsp3) is 0.926. The van der Waals surface area contributed by atoms with Gasteiger partial charge in [0.15, 0.2) is 25.0 Å². The maximum atomic E-state index is 11.2. The van der Waals surface area contributed by atoms with E-state index in [1.807, 2.05) is 0 Å². The summed E-state index contributed by atoms with van der Waals surface area (Å²) in [5, 5.41) is 11.5. The van der Waals surface area contributed by atoms with E-state index in [0.29, 0.717) is 13.0 Å². The second-order valence-corrected chi connectivity index (χ2v) is 27.9. The van der Waals surface area contributed by atoms with Crippen LogP contribution in [-0.2, 0) is 13.3 Å². The number of rotatable bonds is 11. The summed E-state index contributed by atoms with van der Waals surface area (Å²) in [6.07, 6.45) is 1.49. The predicted molar refractivity (Wildman–Crippen MR) is 155 cm³/mol. The summed E-state index contributed by atoms with van der Waals surface area (Å²) >= 11 is 0. The van der Waals surface area contributed by atoms with Crippen molar-refractivity contribution in [1.82, 2.24) is 0 Å². The van der Waals surface area contributed by atoms with Gasteiger partial charge in [0.25, 0.3) is 0 Å². The molecule has 0 heterocycles. The molecule has 4 nitrogen and oxygen atoms in total. The Balaban J connectivity index is 3.35. The highest BCUT2D eigenvalue weighted by molar-refractivity contribution is 6.74. The van der Waals surface area contributed by atoms with Crippen LogP contribution in [-0.4, -0.2) is 54.5 Å². The lowest BCUT2D eigenvalue weighted by molar-refractivity contribution is -0.0394. The Bertz CT molecular complexity index is 666. The van der Waals surface area contributed by atoms with Crippen molar-refractivity contribution in [2.24, 2.45) is 0 Å². The topological polar surface area (TPSA) is 47.9 Å². The van der Waals surface area contributed by atoms with Gasteiger partial charge in [-0.3, -0.25) is 0 Å². The van der Waals surface area contributed by atoms with Crippen molar-refractivity contribution in [1.29, 1.82) is 0 Å². The first kappa shape index (κ1) is 32.3. The quantitative estimate of drug-likeness (QED) is 0.216. The highest BCUT2D eigenvalue weighted by Gasteiger charge is 2.51. The first-order chi connectivity index (χ1) is 15.2. The minimum absolute atomic E-state index is 0.0217. The smallest absolute Gasteiger partial charge is 0.193 e. The molecule has 34 heavy (non-hydrogen) atoms. The van der Waals surface area contributed by atoms with Crippen LogP contribution in [0.3, 0.4) is 0 Å². The molecule has 202 valence electrons. The molecule has 0 spiro atoms. The van der Waals surface area contributed by atoms with Gasteiger partial charge in [0.2, 0.25) is 0 Å². The van der Waals surface area contributed by atoms with E-state index in [4.69, 9.17) is 13.3 Å². The average Bonchev–Trinajstić information content (AvgIpc) is 2.68. The van der Waals surface area contributed by atoms with E-state index >= 15 is 0 Å². The van der Waals surface area contributed by atoms with Crippen molar-refractivity contribution >= 4 is 25.0 Å². The Morgan fingerprint density at radius 2 is 1.38 bits per heavy atom. The third kappa shape index (κ3) is 7.39. The van der Waals surface area contributed by atoms with Crippen molar-refractivity contribution in [2.45, 2.75) is 154 Å². The molecule has 0 radical (unpaired) electrons. The van der Waals surface area contributed by atoms with Crippen molar-refractivity contribution in [3.05, 3.63) is 12.2 Å². The molecule has 0 amide bonds. The molecule has 0 bridgehead atoms. The summed E-state index contributed by atoms with van der Waals surface area (Å²) in [4.78, 5) is 0. The highest BCUT2D eigenvalue weighted by atomic mass is 28.4. The zero-order chi connectivity index (χ0) is 26.8. The second-order valence-electron chi connectivity index (χ2n) is 13.7. The monoisotopic (exact) mass is 530 g/mol. The van der Waals surface area contributed by atoms with Crippen LogP contribution < -0.4 is 0 Å². The molecule has 0 saturated heterocycles. The molecule has 1 saturated carbocycles. The van der Waals surface area contributed by atoms with Crippen LogP contribution >= 0.6 is 0 Å². The molecular formula is C27H58O4Si3. The zero-order valence-electron chi connectivity index (χ0n) is 25.0. The Morgan fingerprint density at radius 3 is 1.79 bits per heavy atom. The van der Waals surface area contributed by atoms with Gasteiger partial charge in [-0.25, -0.2) is 0 Å². The normalized spacial score (nSPS) is 25.6.